The Bertz CT molecular complexity index is 954. The average molecular weight is 401 g/mol. The predicted octanol–water partition coefficient (Wildman–Crippen LogP) is 3.82. The van der Waals surface area contributed by atoms with E-state index >= 15 is 0 Å². The molecule has 1 unspecified atom stereocenters. The fraction of sp³-hybridized carbons (Fsp3) is 0.435. The standard InChI is InChI=1S/C23H28O4S/c1-16-6-4-5-7-22(16)23(17(2)24,18-8-12-20(25)13-9-18)19-10-14-21(15-11-19)28(3,26)27/h4-7,10-11,14-15,18,20,25H,8-9,12-13H2,1-3H3. The zero-order chi connectivity index (χ0) is 20.5. The third kappa shape index (κ3) is 3.65. The number of aliphatic hydroxyl groups is 1. The molecule has 0 heterocycles. The van der Waals surface area contributed by atoms with Crippen LogP contribution in [0.15, 0.2) is 53.4 Å². The fourth-order valence-electron chi connectivity index (χ4n) is 4.78. The van der Waals surface area contributed by atoms with Gasteiger partial charge in [0.25, 0.3) is 0 Å². The van der Waals surface area contributed by atoms with Crippen LogP contribution in [0.25, 0.3) is 0 Å². The molecule has 150 valence electrons. The first-order valence-electron chi connectivity index (χ1n) is 9.73. The zero-order valence-corrected chi connectivity index (χ0v) is 17.5. The van der Waals surface area contributed by atoms with Crippen molar-refractivity contribution in [3.8, 4) is 0 Å². The van der Waals surface area contributed by atoms with Crippen LogP contribution >= 0.6 is 0 Å². The van der Waals surface area contributed by atoms with E-state index in [-0.39, 0.29) is 22.7 Å². The molecule has 1 aliphatic carbocycles. The molecule has 0 spiro atoms. The van der Waals surface area contributed by atoms with Gasteiger partial charge in [-0.25, -0.2) is 8.42 Å². The van der Waals surface area contributed by atoms with Crippen molar-refractivity contribution in [2.24, 2.45) is 5.92 Å². The number of ketones is 1. The van der Waals surface area contributed by atoms with Crippen LogP contribution in [-0.4, -0.2) is 31.7 Å². The quantitative estimate of drug-likeness (QED) is 0.828. The van der Waals surface area contributed by atoms with Crippen molar-refractivity contribution in [3.63, 3.8) is 0 Å². The minimum Gasteiger partial charge on any atom is -0.393 e. The number of hydrogen-bond donors (Lipinski definition) is 1. The number of aliphatic hydroxyl groups excluding tert-OH is 1. The maximum absolute atomic E-state index is 13.3. The van der Waals surface area contributed by atoms with Crippen LogP contribution in [-0.2, 0) is 20.0 Å². The molecule has 5 heteroatoms. The van der Waals surface area contributed by atoms with E-state index in [1.165, 1.54) is 6.26 Å². The highest BCUT2D eigenvalue weighted by atomic mass is 32.2. The Labute approximate surface area is 167 Å². The van der Waals surface area contributed by atoms with E-state index in [1.54, 1.807) is 31.2 Å². The monoisotopic (exact) mass is 400 g/mol. The molecule has 0 radical (unpaired) electrons. The third-order valence-corrected chi connectivity index (χ3v) is 7.30. The Hall–Kier alpha value is -1.98. The van der Waals surface area contributed by atoms with E-state index in [4.69, 9.17) is 0 Å². The highest BCUT2D eigenvalue weighted by Gasteiger charge is 2.47. The molecule has 2 aromatic carbocycles. The van der Waals surface area contributed by atoms with Crippen molar-refractivity contribution in [2.45, 2.75) is 55.9 Å². The van der Waals surface area contributed by atoms with Gasteiger partial charge in [0.05, 0.1) is 16.4 Å². The highest BCUT2D eigenvalue weighted by Crippen LogP contribution is 2.47. The largest absolute Gasteiger partial charge is 0.393 e. The van der Waals surface area contributed by atoms with Gasteiger partial charge in [0.1, 0.15) is 5.78 Å². The number of Topliss-reactive ketones (excluding diaryl/α,β-unsaturated/α-hetero) is 1. The van der Waals surface area contributed by atoms with E-state index < -0.39 is 15.3 Å². The number of rotatable bonds is 5. The lowest BCUT2D eigenvalue weighted by Gasteiger charge is -2.43. The van der Waals surface area contributed by atoms with Crippen LogP contribution in [0.5, 0.6) is 0 Å². The van der Waals surface area contributed by atoms with E-state index in [1.807, 2.05) is 31.2 Å². The minimum absolute atomic E-state index is 0.0512. The first-order valence-corrected chi connectivity index (χ1v) is 11.6. The van der Waals surface area contributed by atoms with E-state index in [9.17, 15) is 18.3 Å². The Morgan fingerprint density at radius 2 is 1.57 bits per heavy atom. The topological polar surface area (TPSA) is 71.4 Å². The first-order chi connectivity index (χ1) is 13.2. The molecular formula is C23H28O4S. The second-order valence-electron chi connectivity index (χ2n) is 7.98. The summed E-state index contributed by atoms with van der Waals surface area (Å²) in [7, 11) is -3.31. The maximum Gasteiger partial charge on any atom is 0.175 e. The van der Waals surface area contributed by atoms with Crippen molar-refractivity contribution >= 4 is 15.6 Å². The molecule has 28 heavy (non-hydrogen) atoms. The fourth-order valence-corrected chi connectivity index (χ4v) is 5.41. The Morgan fingerprint density at radius 1 is 1.00 bits per heavy atom. The van der Waals surface area contributed by atoms with E-state index in [0.29, 0.717) is 12.8 Å². The van der Waals surface area contributed by atoms with Gasteiger partial charge < -0.3 is 5.11 Å². The summed E-state index contributed by atoms with van der Waals surface area (Å²) >= 11 is 0. The van der Waals surface area contributed by atoms with Gasteiger partial charge in [-0.3, -0.25) is 4.79 Å². The normalized spacial score (nSPS) is 22.4. The molecule has 0 aliphatic heterocycles. The second kappa shape index (κ2) is 7.80. The van der Waals surface area contributed by atoms with Crippen molar-refractivity contribution in [1.82, 2.24) is 0 Å². The van der Waals surface area contributed by atoms with Crippen LogP contribution in [0.4, 0.5) is 0 Å². The Kier molecular flexibility index (Phi) is 5.78. The number of benzene rings is 2. The van der Waals surface area contributed by atoms with Crippen LogP contribution in [0.3, 0.4) is 0 Å². The number of hydrogen-bond acceptors (Lipinski definition) is 4. The van der Waals surface area contributed by atoms with Gasteiger partial charge in [0.15, 0.2) is 9.84 Å². The molecule has 0 bridgehead atoms. The number of aryl methyl sites for hydroxylation is 1. The molecule has 4 nitrogen and oxygen atoms in total. The summed E-state index contributed by atoms with van der Waals surface area (Å²) in [6.45, 7) is 3.64. The van der Waals surface area contributed by atoms with Crippen molar-refractivity contribution in [3.05, 3.63) is 65.2 Å². The van der Waals surface area contributed by atoms with Gasteiger partial charge in [0.2, 0.25) is 0 Å². The first kappa shape index (κ1) is 20.7. The van der Waals surface area contributed by atoms with Gasteiger partial charge in [-0.1, -0.05) is 36.4 Å². The van der Waals surface area contributed by atoms with Gasteiger partial charge in [-0.15, -0.1) is 0 Å². The number of carbonyl (C=O) groups excluding carboxylic acids is 1. The molecule has 2 aromatic rings. The maximum atomic E-state index is 13.3. The number of carbonyl (C=O) groups is 1. The lowest BCUT2D eigenvalue weighted by molar-refractivity contribution is -0.123. The zero-order valence-electron chi connectivity index (χ0n) is 16.7. The van der Waals surface area contributed by atoms with Gasteiger partial charge in [-0.2, -0.15) is 0 Å². The Balaban J connectivity index is 2.24. The Morgan fingerprint density at radius 3 is 2.07 bits per heavy atom. The van der Waals surface area contributed by atoms with E-state index in [0.717, 1.165) is 29.5 Å². The van der Waals surface area contributed by atoms with Crippen LogP contribution < -0.4 is 0 Å². The summed E-state index contributed by atoms with van der Waals surface area (Å²) in [4.78, 5) is 13.5. The van der Waals surface area contributed by atoms with Crippen molar-refractivity contribution in [1.29, 1.82) is 0 Å². The molecule has 1 saturated carbocycles. The highest BCUT2D eigenvalue weighted by molar-refractivity contribution is 7.90. The summed E-state index contributed by atoms with van der Waals surface area (Å²) in [5.74, 6) is 0.105. The molecule has 0 aromatic heterocycles. The molecule has 1 N–H and O–H groups in total. The van der Waals surface area contributed by atoms with Crippen LogP contribution in [0.1, 0.15) is 49.3 Å². The SMILES string of the molecule is CC(=O)C(c1ccc(S(C)(=O)=O)cc1)(c1ccccc1C)C1CCC(O)CC1. The third-order valence-electron chi connectivity index (χ3n) is 6.17. The molecule has 1 aliphatic rings. The van der Waals surface area contributed by atoms with Gasteiger partial charge in [0, 0.05) is 6.26 Å². The molecule has 3 rings (SSSR count). The van der Waals surface area contributed by atoms with E-state index in [2.05, 4.69) is 0 Å². The van der Waals surface area contributed by atoms with Crippen LogP contribution in [0, 0.1) is 12.8 Å². The summed E-state index contributed by atoms with van der Waals surface area (Å²) in [5, 5.41) is 10.0. The van der Waals surface area contributed by atoms with Crippen LogP contribution in [0.2, 0.25) is 0 Å². The minimum atomic E-state index is -3.31. The lowest BCUT2D eigenvalue weighted by atomic mass is 9.58. The second-order valence-corrected chi connectivity index (χ2v) is 10.00. The molecule has 0 amide bonds. The summed E-state index contributed by atoms with van der Waals surface area (Å²) in [6, 6.07) is 14.7. The van der Waals surface area contributed by atoms with Gasteiger partial charge in [-0.05, 0) is 74.3 Å². The smallest absolute Gasteiger partial charge is 0.175 e. The van der Waals surface area contributed by atoms with Crippen molar-refractivity contribution < 1.29 is 18.3 Å². The number of sulfone groups is 1. The molecule has 1 atom stereocenters. The summed E-state index contributed by atoms with van der Waals surface area (Å²) < 4.78 is 23.8. The average Bonchev–Trinajstić information content (AvgIpc) is 2.64. The molecular weight excluding hydrogens is 372 g/mol. The summed E-state index contributed by atoms with van der Waals surface area (Å²) in [6.07, 6.45) is 3.72. The molecule has 1 fully saturated rings. The molecule has 0 saturated heterocycles. The van der Waals surface area contributed by atoms with Gasteiger partial charge >= 0.3 is 0 Å². The van der Waals surface area contributed by atoms with Crippen molar-refractivity contribution in [2.75, 3.05) is 6.26 Å². The lowest BCUT2D eigenvalue weighted by Crippen LogP contribution is -2.45. The summed E-state index contributed by atoms with van der Waals surface area (Å²) in [5.41, 5.74) is 1.98. The predicted molar refractivity (Wildman–Crippen MR) is 110 cm³/mol.